The molecule has 2 aromatic carbocycles. The molecule has 2 heterocycles. The lowest BCUT2D eigenvalue weighted by Crippen LogP contribution is -2.56. The van der Waals surface area contributed by atoms with Crippen molar-refractivity contribution in [2.75, 3.05) is 10.6 Å². The minimum absolute atomic E-state index is 0.241. The average molecular weight is 357 g/mol. The van der Waals surface area contributed by atoms with E-state index in [1.807, 2.05) is 24.3 Å². The molecule has 0 saturated heterocycles. The zero-order valence-electron chi connectivity index (χ0n) is 13.1. The lowest BCUT2D eigenvalue weighted by molar-refractivity contribution is -0.143. The maximum absolute atomic E-state index is 12.7. The van der Waals surface area contributed by atoms with Crippen LogP contribution < -0.4 is 15.4 Å². The van der Waals surface area contributed by atoms with Gasteiger partial charge in [-0.2, -0.15) is 0 Å². The Labute approximate surface area is 147 Å². The fourth-order valence-corrected chi connectivity index (χ4v) is 2.76. The molecule has 0 fully saturated rings. The van der Waals surface area contributed by atoms with Crippen LogP contribution in [0.3, 0.4) is 0 Å². The molecule has 3 N–H and O–H groups in total. The van der Waals surface area contributed by atoms with Crippen LogP contribution in [0.4, 0.5) is 11.6 Å². The Bertz CT molecular complexity index is 983. The number of para-hydroxylation sites is 2. The molecule has 1 aromatic heterocycles. The Kier molecular flexibility index (Phi) is 3.40. The van der Waals surface area contributed by atoms with Crippen LogP contribution in [0, 0.1) is 0 Å². The summed E-state index contributed by atoms with van der Waals surface area (Å²) in [7, 11) is 0. The van der Waals surface area contributed by atoms with E-state index in [0.717, 1.165) is 5.52 Å². The molecule has 8 heteroatoms. The third-order valence-electron chi connectivity index (χ3n) is 3.99. The van der Waals surface area contributed by atoms with Crippen LogP contribution in [0.2, 0.25) is 5.02 Å². The van der Waals surface area contributed by atoms with Crippen molar-refractivity contribution in [1.29, 1.82) is 0 Å². The second-order valence-corrected chi connectivity index (χ2v) is 6.22. The van der Waals surface area contributed by atoms with E-state index in [1.165, 1.54) is 6.92 Å². The van der Waals surface area contributed by atoms with Crippen LogP contribution in [0.1, 0.15) is 6.92 Å². The second-order valence-electron chi connectivity index (χ2n) is 5.79. The zero-order chi connectivity index (χ0) is 17.6. The van der Waals surface area contributed by atoms with E-state index < -0.39 is 17.4 Å². The summed E-state index contributed by atoms with van der Waals surface area (Å²) in [6, 6.07) is 12.1. The Morgan fingerprint density at radius 3 is 2.88 bits per heavy atom. The molecule has 7 nitrogen and oxygen atoms in total. The quantitative estimate of drug-likeness (QED) is 0.615. The SMILES string of the molecule is CC1(C(=O)Nc2nc3ccccc3[nH]2)Oc2ccc(Cl)cc2NC1=O. The highest BCUT2D eigenvalue weighted by molar-refractivity contribution is 6.31. The van der Waals surface area contributed by atoms with Crippen LogP contribution >= 0.6 is 11.6 Å². The summed E-state index contributed by atoms with van der Waals surface area (Å²) in [5, 5.41) is 5.70. The number of imidazole rings is 1. The van der Waals surface area contributed by atoms with E-state index >= 15 is 0 Å². The third kappa shape index (κ3) is 2.58. The normalized spacial score (nSPS) is 19.0. The van der Waals surface area contributed by atoms with Gasteiger partial charge in [-0.1, -0.05) is 23.7 Å². The number of carbonyl (C=O) groups is 2. The summed E-state index contributed by atoms with van der Waals surface area (Å²) in [5.41, 5.74) is 0.167. The van der Waals surface area contributed by atoms with Gasteiger partial charge in [0.1, 0.15) is 5.75 Å². The first kappa shape index (κ1) is 15.5. The zero-order valence-corrected chi connectivity index (χ0v) is 13.8. The number of hydrogen-bond acceptors (Lipinski definition) is 4. The Balaban J connectivity index is 1.62. The van der Waals surface area contributed by atoms with Crippen molar-refractivity contribution in [2.24, 2.45) is 0 Å². The predicted octanol–water partition coefficient (Wildman–Crippen LogP) is 2.94. The first-order chi connectivity index (χ1) is 12.0. The highest BCUT2D eigenvalue weighted by Gasteiger charge is 2.47. The van der Waals surface area contributed by atoms with Crippen LogP contribution in [0.25, 0.3) is 11.0 Å². The summed E-state index contributed by atoms with van der Waals surface area (Å²) in [5.74, 6) is -0.613. The molecule has 0 aliphatic carbocycles. The number of H-pyrrole nitrogens is 1. The first-order valence-corrected chi connectivity index (χ1v) is 7.90. The van der Waals surface area contributed by atoms with E-state index in [4.69, 9.17) is 16.3 Å². The van der Waals surface area contributed by atoms with Crippen LogP contribution in [-0.2, 0) is 9.59 Å². The van der Waals surface area contributed by atoms with E-state index in [-0.39, 0.29) is 5.95 Å². The lowest BCUT2D eigenvalue weighted by Gasteiger charge is -2.33. The Morgan fingerprint density at radius 2 is 2.08 bits per heavy atom. The highest BCUT2D eigenvalue weighted by atomic mass is 35.5. The van der Waals surface area contributed by atoms with Crippen molar-refractivity contribution in [3.8, 4) is 5.75 Å². The molecule has 2 amide bonds. The monoisotopic (exact) mass is 356 g/mol. The van der Waals surface area contributed by atoms with Gasteiger partial charge in [0.05, 0.1) is 16.7 Å². The van der Waals surface area contributed by atoms with E-state index in [1.54, 1.807) is 18.2 Å². The van der Waals surface area contributed by atoms with Gasteiger partial charge in [0.2, 0.25) is 5.95 Å². The summed E-state index contributed by atoms with van der Waals surface area (Å²) in [6.45, 7) is 1.40. The third-order valence-corrected chi connectivity index (χ3v) is 4.23. The summed E-state index contributed by atoms with van der Waals surface area (Å²) >= 11 is 5.91. The van der Waals surface area contributed by atoms with Crippen LogP contribution in [-0.4, -0.2) is 27.4 Å². The van der Waals surface area contributed by atoms with E-state index in [0.29, 0.717) is 22.0 Å². The van der Waals surface area contributed by atoms with E-state index in [9.17, 15) is 9.59 Å². The van der Waals surface area contributed by atoms with Gasteiger partial charge in [-0.05, 0) is 37.3 Å². The Morgan fingerprint density at radius 1 is 1.28 bits per heavy atom. The van der Waals surface area contributed by atoms with Gasteiger partial charge < -0.3 is 15.0 Å². The molecule has 3 aromatic rings. The average Bonchev–Trinajstić information content (AvgIpc) is 2.98. The molecule has 1 aliphatic heterocycles. The van der Waals surface area contributed by atoms with Gasteiger partial charge in [-0.3, -0.25) is 14.9 Å². The number of nitrogens with one attached hydrogen (secondary N) is 3. The highest BCUT2D eigenvalue weighted by Crippen LogP contribution is 2.36. The van der Waals surface area contributed by atoms with Crippen molar-refractivity contribution in [2.45, 2.75) is 12.5 Å². The number of carbonyl (C=O) groups excluding carboxylic acids is 2. The van der Waals surface area contributed by atoms with Gasteiger partial charge in [-0.25, -0.2) is 4.98 Å². The molecular weight excluding hydrogens is 344 g/mol. The molecule has 0 spiro atoms. The molecule has 0 radical (unpaired) electrons. The Hall–Kier alpha value is -3.06. The molecular formula is C17H13ClN4O3. The fourth-order valence-electron chi connectivity index (χ4n) is 2.58. The van der Waals surface area contributed by atoms with Crippen LogP contribution in [0.15, 0.2) is 42.5 Å². The number of aromatic nitrogens is 2. The van der Waals surface area contributed by atoms with Gasteiger partial charge in [0.15, 0.2) is 0 Å². The number of benzene rings is 2. The predicted molar refractivity (Wildman–Crippen MR) is 93.8 cm³/mol. The van der Waals surface area contributed by atoms with Gasteiger partial charge in [0.25, 0.3) is 17.4 Å². The van der Waals surface area contributed by atoms with Crippen molar-refractivity contribution in [3.63, 3.8) is 0 Å². The van der Waals surface area contributed by atoms with Gasteiger partial charge in [0, 0.05) is 5.02 Å². The van der Waals surface area contributed by atoms with Crippen molar-refractivity contribution >= 4 is 46.1 Å². The maximum atomic E-state index is 12.7. The minimum atomic E-state index is -1.74. The molecule has 1 atom stereocenters. The topological polar surface area (TPSA) is 96.1 Å². The van der Waals surface area contributed by atoms with E-state index in [2.05, 4.69) is 20.6 Å². The maximum Gasteiger partial charge on any atom is 0.280 e. The van der Waals surface area contributed by atoms with Crippen LogP contribution in [0.5, 0.6) is 5.75 Å². The molecule has 25 heavy (non-hydrogen) atoms. The van der Waals surface area contributed by atoms with Gasteiger partial charge in [-0.15, -0.1) is 0 Å². The number of ether oxygens (including phenoxy) is 1. The van der Waals surface area contributed by atoms with Crippen molar-refractivity contribution in [3.05, 3.63) is 47.5 Å². The van der Waals surface area contributed by atoms with Gasteiger partial charge >= 0.3 is 0 Å². The largest absolute Gasteiger partial charge is 0.466 e. The van der Waals surface area contributed by atoms with Crippen molar-refractivity contribution in [1.82, 2.24) is 9.97 Å². The number of aromatic amines is 1. The lowest BCUT2D eigenvalue weighted by atomic mass is 10.0. The number of anilines is 2. The smallest absolute Gasteiger partial charge is 0.280 e. The fraction of sp³-hybridized carbons (Fsp3) is 0.118. The molecule has 4 rings (SSSR count). The standard InChI is InChI=1S/C17H13ClN4O3/c1-17(14(23)19-12-8-9(18)6-7-13(12)25-17)15(24)22-16-20-10-4-2-3-5-11(10)21-16/h2-8H,1H3,(H,19,23)(H2,20,21,22,24). The number of amides is 2. The number of nitrogens with zero attached hydrogens (tertiary/aromatic N) is 1. The number of rotatable bonds is 2. The number of halogens is 1. The summed E-state index contributed by atoms with van der Waals surface area (Å²) in [4.78, 5) is 32.3. The van der Waals surface area contributed by atoms with Crippen molar-refractivity contribution < 1.29 is 14.3 Å². The number of hydrogen-bond donors (Lipinski definition) is 3. The molecule has 1 aliphatic rings. The molecule has 0 bridgehead atoms. The minimum Gasteiger partial charge on any atom is -0.466 e. The summed E-state index contributed by atoms with van der Waals surface area (Å²) < 4.78 is 5.67. The first-order valence-electron chi connectivity index (χ1n) is 7.52. The second kappa shape index (κ2) is 5.49. The molecule has 0 saturated carbocycles. The molecule has 126 valence electrons. The number of fused-ring (bicyclic) bond motifs is 2. The summed E-state index contributed by atoms with van der Waals surface area (Å²) in [6.07, 6.45) is 0. The molecule has 1 unspecified atom stereocenters.